The van der Waals surface area contributed by atoms with Crippen molar-refractivity contribution in [1.29, 1.82) is 0 Å². The van der Waals surface area contributed by atoms with E-state index in [0.717, 1.165) is 13.0 Å². The van der Waals surface area contributed by atoms with Gasteiger partial charge >= 0.3 is 0 Å². The number of nitrogens with one attached hydrogen (secondary N) is 1. The summed E-state index contributed by atoms with van der Waals surface area (Å²) in [5.74, 6) is 0. The van der Waals surface area contributed by atoms with Crippen LogP contribution < -0.4 is 5.32 Å². The van der Waals surface area contributed by atoms with Crippen molar-refractivity contribution in [2.24, 2.45) is 0 Å². The third-order valence-corrected chi connectivity index (χ3v) is 3.95. The topological polar surface area (TPSA) is 12.0 Å². The molecular formula is C15H19NS. The molecule has 0 spiro atoms. The molecular weight excluding hydrogens is 226 g/mol. The van der Waals surface area contributed by atoms with Crippen LogP contribution in [0.3, 0.4) is 0 Å². The molecule has 0 amide bonds. The van der Waals surface area contributed by atoms with E-state index in [1.54, 1.807) is 0 Å². The zero-order valence-corrected chi connectivity index (χ0v) is 11.3. The lowest BCUT2D eigenvalue weighted by atomic mass is 10.0. The number of aryl methyl sites for hydroxylation is 1. The molecule has 2 rings (SSSR count). The second-order valence-corrected chi connectivity index (χ2v) is 5.57. The summed E-state index contributed by atoms with van der Waals surface area (Å²) in [5, 5.41) is 3.57. The monoisotopic (exact) mass is 245 g/mol. The molecule has 1 atom stereocenters. The maximum Gasteiger partial charge on any atom is 0.0455 e. The summed E-state index contributed by atoms with van der Waals surface area (Å²) in [6.45, 7) is 5.34. The van der Waals surface area contributed by atoms with Gasteiger partial charge in [-0.05, 0) is 37.6 Å². The Bertz CT molecular complexity index is 447. The standard InChI is InChI=1S/C15H19NS/c1-3-16-14(15-10-9-12(2)17-15)11-13-7-5-4-6-8-13/h4-10,14,16H,3,11H2,1-2H3. The lowest BCUT2D eigenvalue weighted by Crippen LogP contribution is -2.22. The Morgan fingerprint density at radius 2 is 1.88 bits per heavy atom. The summed E-state index contributed by atoms with van der Waals surface area (Å²) in [5.41, 5.74) is 1.39. The molecule has 0 bridgehead atoms. The van der Waals surface area contributed by atoms with Crippen molar-refractivity contribution in [3.63, 3.8) is 0 Å². The Hall–Kier alpha value is -1.12. The van der Waals surface area contributed by atoms with Crippen molar-refractivity contribution in [1.82, 2.24) is 5.32 Å². The molecule has 17 heavy (non-hydrogen) atoms. The van der Waals surface area contributed by atoms with Crippen molar-refractivity contribution in [3.05, 3.63) is 57.8 Å². The maximum absolute atomic E-state index is 3.57. The molecule has 90 valence electrons. The number of thiophene rings is 1. The molecule has 0 saturated heterocycles. The van der Waals surface area contributed by atoms with Crippen molar-refractivity contribution in [2.45, 2.75) is 26.3 Å². The van der Waals surface area contributed by atoms with Crippen LogP contribution in [0.5, 0.6) is 0 Å². The highest BCUT2D eigenvalue weighted by Gasteiger charge is 2.12. The minimum atomic E-state index is 0.445. The molecule has 0 fully saturated rings. The zero-order valence-electron chi connectivity index (χ0n) is 10.4. The summed E-state index contributed by atoms with van der Waals surface area (Å²) >= 11 is 1.89. The van der Waals surface area contributed by atoms with E-state index in [2.05, 4.69) is 61.6 Å². The summed E-state index contributed by atoms with van der Waals surface area (Å²) in [6.07, 6.45) is 1.06. The van der Waals surface area contributed by atoms with Crippen molar-refractivity contribution < 1.29 is 0 Å². The average Bonchev–Trinajstić information content (AvgIpc) is 2.77. The second-order valence-electron chi connectivity index (χ2n) is 4.25. The zero-order chi connectivity index (χ0) is 12.1. The average molecular weight is 245 g/mol. The summed E-state index contributed by atoms with van der Waals surface area (Å²) < 4.78 is 0. The highest BCUT2D eigenvalue weighted by atomic mass is 32.1. The first-order valence-corrected chi connectivity index (χ1v) is 6.95. The third kappa shape index (κ3) is 3.42. The molecule has 0 aliphatic rings. The molecule has 1 N–H and O–H groups in total. The van der Waals surface area contributed by atoms with Crippen LogP contribution in [0.4, 0.5) is 0 Å². The van der Waals surface area contributed by atoms with Crippen molar-refractivity contribution in [2.75, 3.05) is 6.54 Å². The van der Waals surface area contributed by atoms with Gasteiger partial charge in [-0.25, -0.2) is 0 Å². The van der Waals surface area contributed by atoms with E-state index in [9.17, 15) is 0 Å². The molecule has 1 nitrogen and oxygen atoms in total. The molecule has 1 heterocycles. The number of benzene rings is 1. The predicted molar refractivity (Wildman–Crippen MR) is 75.6 cm³/mol. The molecule has 2 aromatic rings. The Balaban J connectivity index is 2.13. The molecule has 0 radical (unpaired) electrons. The Morgan fingerprint density at radius 1 is 1.12 bits per heavy atom. The number of hydrogen-bond donors (Lipinski definition) is 1. The van der Waals surface area contributed by atoms with Gasteiger partial charge < -0.3 is 5.32 Å². The largest absolute Gasteiger partial charge is 0.309 e. The lowest BCUT2D eigenvalue weighted by molar-refractivity contribution is 0.558. The smallest absolute Gasteiger partial charge is 0.0455 e. The van der Waals surface area contributed by atoms with E-state index in [1.807, 2.05) is 11.3 Å². The first-order valence-electron chi connectivity index (χ1n) is 6.13. The lowest BCUT2D eigenvalue weighted by Gasteiger charge is -2.16. The van der Waals surface area contributed by atoms with Gasteiger partial charge in [-0.1, -0.05) is 37.3 Å². The minimum absolute atomic E-state index is 0.445. The van der Waals surface area contributed by atoms with Crippen LogP contribution in [0.15, 0.2) is 42.5 Å². The number of likely N-dealkylation sites (N-methyl/N-ethyl adjacent to an activating group) is 1. The van der Waals surface area contributed by atoms with Gasteiger partial charge in [-0.15, -0.1) is 11.3 Å². The first-order chi connectivity index (χ1) is 8.29. The fraction of sp³-hybridized carbons (Fsp3) is 0.333. The van der Waals surface area contributed by atoms with Crippen molar-refractivity contribution >= 4 is 11.3 Å². The van der Waals surface area contributed by atoms with Crippen LogP contribution in [0.1, 0.15) is 28.3 Å². The van der Waals surface area contributed by atoms with Gasteiger partial charge in [0.1, 0.15) is 0 Å². The van der Waals surface area contributed by atoms with E-state index in [-0.39, 0.29) is 0 Å². The van der Waals surface area contributed by atoms with Gasteiger partial charge in [0, 0.05) is 15.8 Å². The van der Waals surface area contributed by atoms with Gasteiger partial charge in [-0.2, -0.15) is 0 Å². The van der Waals surface area contributed by atoms with Crippen LogP contribution in [-0.4, -0.2) is 6.54 Å². The Kier molecular flexibility index (Phi) is 4.35. The van der Waals surface area contributed by atoms with Gasteiger partial charge in [0.2, 0.25) is 0 Å². The van der Waals surface area contributed by atoms with Gasteiger partial charge in [-0.3, -0.25) is 0 Å². The van der Waals surface area contributed by atoms with E-state index in [1.165, 1.54) is 15.3 Å². The van der Waals surface area contributed by atoms with Crippen LogP contribution in [-0.2, 0) is 6.42 Å². The van der Waals surface area contributed by atoms with Crippen molar-refractivity contribution in [3.8, 4) is 0 Å². The summed E-state index contributed by atoms with van der Waals surface area (Å²) in [4.78, 5) is 2.82. The van der Waals surface area contributed by atoms with E-state index in [0.29, 0.717) is 6.04 Å². The molecule has 0 aliphatic heterocycles. The predicted octanol–water partition coefficient (Wildman–Crippen LogP) is 3.95. The molecule has 1 unspecified atom stereocenters. The number of rotatable bonds is 5. The first kappa shape index (κ1) is 12.3. The van der Waals surface area contributed by atoms with E-state index >= 15 is 0 Å². The summed E-state index contributed by atoms with van der Waals surface area (Å²) in [6, 6.07) is 15.6. The maximum atomic E-state index is 3.57. The normalized spacial score (nSPS) is 12.6. The van der Waals surface area contributed by atoms with Crippen LogP contribution in [0, 0.1) is 6.92 Å². The van der Waals surface area contributed by atoms with Gasteiger partial charge in [0.25, 0.3) is 0 Å². The fourth-order valence-corrected chi connectivity index (χ4v) is 2.96. The van der Waals surface area contributed by atoms with Crippen LogP contribution >= 0.6 is 11.3 Å². The summed E-state index contributed by atoms with van der Waals surface area (Å²) in [7, 11) is 0. The van der Waals surface area contributed by atoms with E-state index in [4.69, 9.17) is 0 Å². The fourth-order valence-electron chi connectivity index (χ4n) is 2.01. The van der Waals surface area contributed by atoms with Crippen LogP contribution in [0.2, 0.25) is 0 Å². The third-order valence-electron chi connectivity index (χ3n) is 2.84. The molecule has 2 heteroatoms. The molecule has 0 aliphatic carbocycles. The SMILES string of the molecule is CCNC(Cc1ccccc1)c1ccc(C)s1. The van der Waals surface area contributed by atoms with E-state index < -0.39 is 0 Å². The molecule has 1 aromatic carbocycles. The highest BCUT2D eigenvalue weighted by molar-refractivity contribution is 7.12. The highest BCUT2D eigenvalue weighted by Crippen LogP contribution is 2.25. The molecule has 0 saturated carbocycles. The Morgan fingerprint density at radius 3 is 2.47 bits per heavy atom. The van der Waals surface area contributed by atoms with Crippen LogP contribution in [0.25, 0.3) is 0 Å². The van der Waals surface area contributed by atoms with Gasteiger partial charge in [0.15, 0.2) is 0 Å². The Labute approximate surface area is 108 Å². The number of hydrogen-bond acceptors (Lipinski definition) is 2. The second kappa shape index (κ2) is 5.99. The minimum Gasteiger partial charge on any atom is -0.309 e. The molecule has 1 aromatic heterocycles. The van der Waals surface area contributed by atoms with Gasteiger partial charge in [0.05, 0.1) is 0 Å². The quantitative estimate of drug-likeness (QED) is 0.841.